The molecular formula is C37H75NO5. The van der Waals surface area contributed by atoms with Crippen molar-refractivity contribution < 1.29 is 25.2 Å². The van der Waals surface area contributed by atoms with Gasteiger partial charge in [0.05, 0.1) is 18.8 Å². The first kappa shape index (κ1) is 42.3. The predicted octanol–water partition coefficient (Wildman–Crippen LogP) is 8.75. The number of unbranched alkanes of at least 4 members (excludes halogenated alkanes) is 22. The molecule has 0 heterocycles. The van der Waals surface area contributed by atoms with Crippen LogP contribution in [0.3, 0.4) is 0 Å². The highest BCUT2D eigenvalue weighted by Crippen LogP contribution is 2.16. The summed E-state index contributed by atoms with van der Waals surface area (Å²) in [7, 11) is 0. The Hall–Kier alpha value is -0.690. The maximum absolute atomic E-state index is 12.4. The van der Waals surface area contributed by atoms with Crippen molar-refractivity contribution in [2.24, 2.45) is 5.92 Å². The summed E-state index contributed by atoms with van der Waals surface area (Å²) in [5, 5.41) is 43.3. The van der Waals surface area contributed by atoms with Crippen molar-refractivity contribution in [1.29, 1.82) is 0 Å². The van der Waals surface area contributed by atoms with Crippen LogP contribution >= 0.6 is 0 Å². The number of amides is 1. The number of hydrogen-bond donors (Lipinski definition) is 5. The summed E-state index contributed by atoms with van der Waals surface area (Å²) in [6.45, 7) is 6.36. The van der Waals surface area contributed by atoms with E-state index in [4.69, 9.17) is 0 Å². The van der Waals surface area contributed by atoms with Gasteiger partial charge in [0.2, 0.25) is 5.91 Å². The fourth-order valence-electron chi connectivity index (χ4n) is 5.94. The van der Waals surface area contributed by atoms with E-state index in [0.717, 1.165) is 44.4 Å². The minimum Gasteiger partial charge on any atom is -0.394 e. The fraction of sp³-hybridized carbons (Fsp3) is 0.973. The third-order valence-corrected chi connectivity index (χ3v) is 9.00. The number of aliphatic hydroxyl groups excluding tert-OH is 4. The zero-order valence-electron chi connectivity index (χ0n) is 28.9. The van der Waals surface area contributed by atoms with Crippen molar-refractivity contribution >= 4 is 5.91 Å². The normalized spacial score (nSPS) is 14.6. The minimum atomic E-state index is -1.25. The third-order valence-electron chi connectivity index (χ3n) is 9.00. The highest BCUT2D eigenvalue weighted by atomic mass is 16.3. The van der Waals surface area contributed by atoms with Gasteiger partial charge in [-0.2, -0.15) is 0 Å². The first-order valence-electron chi connectivity index (χ1n) is 18.8. The Morgan fingerprint density at radius 2 is 0.884 bits per heavy atom. The molecule has 0 spiro atoms. The number of nitrogens with one attached hydrogen (secondary N) is 1. The van der Waals surface area contributed by atoms with E-state index < -0.39 is 36.9 Å². The third kappa shape index (κ3) is 27.4. The van der Waals surface area contributed by atoms with Crippen molar-refractivity contribution in [3.05, 3.63) is 0 Å². The van der Waals surface area contributed by atoms with Crippen LogP contribution in [0.5, 0.6) is 0 Å². The molecule has 0 saturated heterocycles. The molecule has 0 aromatic carbocycles. The second-order valence-corrected chi connectivity index (χ2v) is 13.8. The highest BCUT2D eigenvalue weighted by Gasteiger charge is 2.28. The van der Waals surface area contributed by atoms with Gasteiger partial charge in [-0.1, -0.05) is 181 Å². The van der Waals surface area contributed by atoms with Crippen LogP contribution in [0.2, 0.25) is 0 Å². The van der Waals surface area contributed by atoms with Gasteiger partial charge in [0.25, 0.3) is 0 Å². The molecule has 6 nitrogen and oxygen atoms in total. The van der Waals surface area contributed by atoms with E-state index in [1.54, 1.807) is 0 Å². The van der Waals surface area contributed by atoms with Gasteiger partial charge >= 0.3 is 0 Å². The quantitative estimate of drug-likeness (QED) is 0.0475. The summed E-state index contributed by atoms with van der Waals surface area (Å²) in [4.78, 5) is 12.4. The van der Waals surface area contributed by atoms with E-state index >= 15 is 0 Å². The lowest BCUT2D eigenvalue weighted by Gasteiger charge is -2.27. The highest BCUT2D eigenvalue weighted by molar-refractivity contribution is 5.80. The molecule has 1 amide bonds. The number of carbonyl (C=O) groups excluding carboxylic acids is 1. The van der Waals surface area contributed by atoms with E-state index in [-0.39, 0.29) is 0 Å². The van der Waals surface area contributed by atoms with Crippen molar-refractivity contribution in [2.75, 3.05) is 6.61 Å². The Morgan fingerprint density at radius 1 is 0.535 bits per heavy atom. The Labute approximate surface area is 267 Å². The molecular weight excluding hydrogens is 538 g/mol. The van der Waals surface area contributed by atoms with Crippen molar-refractivity contribution in [1.82, 2.24) is 5.32 Å². The summed E-state index contributed by atoms with van der Waals surface area (Å²) in [6, 6.07) is -0.976. The van der Waals surface area contributed by atoms with Crippen LogP contribution in [0.1, 0.15) is 194 Å². The molecule has 0 fully saturated rings. The summed E-state index contributed by atoms with van der Waals surface area (Å²) < 4.78 is 0. The van der Waals surface area contributed by atoms with Crippen molar-refractivity contribution in [3.63, 3.8) is 0 Å². The molecule has 258 valence electrons. The van der Waals surface area contributed by atoms with Crippen LogP contribution in [0.4, 0.5) is 0 Å². The zero-order valence-corrected chi connectivity index (χ0v) is 28.9. The molecule has 0 saturated carbocycles. The Kier molecular flexibility index (Phi) is 30.8. The van der Waals surface area contributed by atoms with E-state index in [1.165, 1.54) is 122 Å². The van der Waals surface area contributed by atoms with Crippen LogP contribution in [0.25, 0.3) is 0 Å². The molecule has 6 heteroatoms. The Bertz CT molecular complexity index is 587. The van der Waals surface area contributed by atoms with Gasteiger partial charge in [-0.15, -0.1) is 0 Å². The van der Waals surface area contributed by atoms with Gasteiger partial charge in [0.15, 0.2) is 0 Å². The average Bonchev–Trinajstić information content (AvgIpc) is 2.99. The van der Waals surface area contributed by atoms with Gasteiger partial charge in [-0.05, 0) is 18.8 Å². The number of rotatable bonds is 33. The average molecular weight is 614 g/mol. The van der Waals surface area contributed by atoms with E-state index in [9.17, 15) is 25.2 Å². The second kappa shape index (κ2) is 31.3. The molecule has 0 bridgehead atoms. The van der Waals surface area contributed by atoms with E-state index in [2.05, 4.69) is 26.1 Å². The van der Waals surface area contributed by atoms with E-state index in [0.29, 0.717) is 12.8 Å². The van der Waals surface area contributed by atoms with Gasteiger partial charge in [0.1, 0.15) is 12.2 Å². The summed E-state index contributed by atoms with van der Waals surface area (Å²) in [6.07, 6.45) is 28.5. The topological polar surface area (TPSA) is 110 Å². The van der Waals surface area contributed by atoms with Gasteiger partial charge in [-0.25, -0.2) is 0 Å². The first-order valence-corrected chi connectivity index (χ1v) is 18.8. The Balaban J connectivity index is 3.70. The largest absolute Gasteiger partial charge is 0.394 e. The second-order valence-electron chi connectivity index (χ2n) is 13.8. The van der Waals surface area contributed by atoms with Crippen molar-refractivity contribution in [3.8, 4) is 0 Å². The Morgan fingerprint density at radius 3 is 1.26 bits per heavy atom. The van der Waals surface area contributed by atoms with Gasteiger partial charge < -0.3 is 25.7 Å². The first-order chi connectivity index (χ1) is 20.8. The van der Waals surface area contributed by atoms with Gasteiger partial charge in [-0.3, -0.25) is 4.79 Å². The molecule has 0 rings (SSSR count). The molecule has 0 aliphatic carbocycles. The molecule has 3 unspecified atom stereocenters. The molecule has 0 aliphatic rings. The van der Waals surface area contributed by atoms with Crippen LogP contribution in [-0.4, -0.2) is 57.3 Å². The smallest absolute Gasteiger partial charge is 0.249 e. The van der Waals surface area contributed by atoms with Crippen LogP contribution in [0.15, 0.2) is 0 Å². The molecule has 5 N–H and O–H groups in total. The fourth-order valence-corrected chi connectivity index (χ4v) is 5.94. The monoisotopic (exact) mass is 614 g/mol. The lowest BCUT2D eigenvalue weighted by atomic mass is 9.99. The molecule has 0 aromatic heterocycles. The molecule has 0 aromatic rings. The lowest BCUT2D eigenvalue weighted by Crippen LogP contribution is -2.53. The number of aliphatic hydroxyl groups is 4. The molecule has 4 atom stereocenters. The number of carbonyl (C=O) groups is 1. The lowest BCUT2D eigenvalue weighted by molar-refractivity contribution is -0.132. The maximum Gasteiger partial charge on any atom is 0.249 e. The van der Waals surface area contributed by atoms with Gasteiger partial charge in [0, 0.05) is 0 Å². The predicted molar refractivity (Wildman–Crippen MR) is 182 cm³/mol. The van der Waals surface area contributed by atoms with E-state index in [1.807, 2.05) is 0 Å². The standard InChI is InChI=1S/C37H75NO5/c1-4-5-6-7-8-20-23-26-29-34(40)36(42)33(31-39)38-37(43)35(41)30-27-24-21-18-16-14-12-10-9-11-13-15-17-19-22-25-28-32(2)3/h32-36,39-42H,4-31H2,1-3H3,(H,38,43)/t33?,34?,35-,36?/m1/s1. The van der Waals surface area contributed by atoms with Crippen LogP contribution in [-0.2, 0) is 4.79 Å². The minimum absolute atomic E-state index is 0.374. The molecule has 43 heavy (non-hydrogen) atoms. The zero-order chi connectivity index (χ0) is 32.0. The van der Waals surface area contributed by atoms with Crippen molar-refractivity contribution in [2.45, 2.75) is 218 Å². The SMILES string of the molecule is CCCCCCCCCCC(O)C(O)C(CO)NC(=O)[C@H](O)CCCCCCCCCCCCCCCCCCC(C)C. The molecule has 0 radical (unpaired) electrons. The summed E-state index contributed by atoms with van der Waals surface area (Å²) in [5.41, 5.74) is 0. The summed E-state index contributed by atoms with van der Waals surface area (Å²) in [5.74, 6) is 0.267. The van der Waals surface area contributed by atoms with Crippen LogP contribution < -0.4 is 5.32 Å². The maximum atomic E-state index is 12.4. The number of hydrogen-bond acceptors (Lipinski definition) is 5. The van der Waals surface area contributed by atoms with Crippen LogP contribution in [0, 0.1) is 5.92 Å². The molecule has 0 aliphatic heterocycles. The summed E-state index contributed by atoms with van der Waals surface area (Å²) >= 11 is 0.